The van der Waals surface area contributed by atoms with Gasteiger partial charge in [0.15, 0.2) is 5.60 Å². The molecule has 0 saturated heterocycles. The van der Waals surface area contributed by atoms with Crippen molar-refractivity contribution in [3.8, 4) is 17.2 Å². The molecule has 1 N–H and O–H groups in total. The number of rotatable bonds is 6. The van der Waals surface area contributed by atoms with E-state index in [1.165, 1.54) is 26.7 Å². The molecule has 1 atom stereocenters. The molecule has 2 aromatic carbocycles. The Labute approximate surface area is 258 Å². The number of hydrogen-bond acceptors (Lipinski definition) is 4. The van der Waals surface area contributed by atoms with Crippen molar-refractivity contribution in [2.24, 2.45) is 0 Å². The van der Waals surface area contributed by atoms with E-state index >= 15 is 0 Å². The Kier molecular flexibility index (Phi) is 24.7. The molecule has 2 rings (SSSR count). The van der Waals surface area contributed by atoms with Crippen LogP contribution in [0.1, 0.15) is 80.4 Å². The van der Waals surface area contributed by atoms with Crippen LogP contribution < -0.4 is 45.8 Å². The van der Waals surface area contributed by atoms with E-state index in [1.54, 1.807) is 6.07 Å². The zero-order valence-electron chi connectivity index (χ0n) is 24.3. The quantitative estimate of drug-likeness (QED) is 0.312. The van der Waals surface area contributed by atoms with Gasteiger partial charge in [0.25, 0.3) is 0 Å². The SMILES string of the molecule is C.CCC.COc1cc([O-])c(C(O)(C[PH+](C(C)(C)C)C(C)(C)C)c2ccccc2)c(OC)c1.[CH3-].[Cl-].[Li+].[Ni]. The van der Waals surface area contributed by atoms with E-state index in [9.17, 15) is 10.2 Å². The van der Waals surface area contributed by atoms with Crippen LogP contribution in [-0.4, -0.2) is 35.8 Å². The van der Waals surface area contributed by atoms with Gasteiger partial charge in [-0.15, -0.1) is 0 Å². The maximum absolute atomic E-state index is 13.2. The molecular formula is C29H50ClLiNiO4P-. The predicted molar refractivity (Wildman–Crippen MR) is 150 cm³/mol. The Bertz CT molecular complexity index is 843. The van der Waals surface area contributed by atoms with Gasteiger partial charge in [-0.2, -0.15) is 0 Å². The van der Waals surface area contributed by atoms with E-state index in [4.69, 9.17) is 9.47 Å². The number of methoxy groups -OCH3 is 2. The van der Waals surface area contributed by atoms with E-state index in [-0.39, 0.29) is 84.2 Å². The molecule has 0 saturated carbocycles. The Morgan fingerprint density at radius 2 is 1.32 bits per heavy atom. The summed E-state index contributed by atoms with van der Waals surface area (Å²) < 4.78 is 10.8. The molecule has 0 amide bonds. The molecule has 8 heteroatoms. The minimum Gasteiger partial charge on any atom is -1.00 e. The summed E-state index contributed by atoms with van der Waals surface area (Å²) in [5.41, 5.74) is -0.468. The number of ether oxygens (including phenoxy) is 2. The van der Waals surface area contributed by atoms with Gasteiger partial charge in [-0.1, -0.05) is 63.8 Å². The molecule has 0 aromatic heterocycles. The molecule has 0 fully saturated rings. The molecule has 0 spiro atoms. The molecule has 0 heterocycles. The van der Waals surface area contributed by atoms with Crippen LogP contribution in [-0.2, 0) is 22.1 Å². The van der Waals surface area contributed by atoms with Crippen LogP contribution in [0.2, 0.25) is 0 Å². The largest absolute Gasteiger partial charge is 1.00 e. The van der Waals surface area contributed by atoms with Gasteiger partial charge in [-0.3, -0.25) is 0 Å². The van der Waals surface area contributed by atoms with Gasteiger partial charge in [-0.25, -0.2) is 0 Å². The monoisotopic (exact) mass is 593 g/mol. The third-order valence-corrected chi connectivity index (χ3v) is 9.89. The van der Waals surface area contributed by atoms with Crippen molar-refractivity contribution < 1.29 is 67.4 Å². The van der Waals surface area contributed by atoms with E-state index in [2.05, 4.69) is 55.4 Å². The zero-order chi connectivity index (χ0) is 24.7. The molecule has 0 aliphatic rings. The van der Waals surface area contributed by atoms with Crippen LogP contribution in [0.4, 0.5) is 0 Å². The molecule has 0 bridgehead atoms. The molecule has 4 nitrogen and oxygen atoms in total. The maximum atomic E-state index is 13.2. The third kappa shape index (κ3) is 12.6. The van der Waals surface area contributed by atoms with Gasteiger partial charge in [0, 0.05) is 36.0 Å². The topological polar surface area (TPSA) is 61.8 Å². The fourth-order valence-electron chi connectivity index (χ4n) is 4.21. The van der Waals surface area contributed by atoms with Crippen molar-refractivity contribution in [3.05, 3.63) is 61.0 Å². The molecule has 214 valence electrons. The third-order valence-electron chi connectivity index (χ3n) is 5.40. The van der Waals surface area contributed by atoms with Crippen LogP contribution in [0.3, 0.4) is 0 Å². The van der Waals surface area contributed by atoms with Crippen molar-refractivity contribution in [2.45, 2.75) is 85.2 Å². The van der Waals surface area contributed by atoms with E-state index in [0.29, 0.717) is 23.2 Å². The smallest absolute Gasteiger partial charge is 1.00 e. The molecule has 0 aliphatic carbocycles. The number of hydrogen-bond donors (Lipinski definition) is 1. The summed E-state index contributed by atoms with van der Waals surface area (Å²) in [7, 11) is 1.87. The summed E-state index contributed by atoms with van der Waals surface area (Å²) in [6.07, 6.45) is 1.74. The summed E-state index contributed by atoms with van der Waals surface area (Å²) in [6.45, 7) is 17.6. The van der Waals surface area contributed by atoms with Crippen molar-refractivity contribution >= 4 is 7.92 Å². The second kappa shape index (κ2) is 19.6. The van der Waals surface area contributed by atoms with Gasteiger partial charge in [0.05, 0.1) is 30.7 Å². The van der Waals surface area contributed by atoms with Gasteiger partial charge in [0.1, 0.15) is 11.5 Å². The second-order valence-corrected chi connectivity index (χ2v) is 14.6. The maximum Gasteiger partial charge on any atom is 1.00 e. The van der Waals surface area contributed by atoms with Crippen LogP contribution in [0.15, 0.2) is 42.5 Å². The average molecular weight is 595 g/mol. The van der Waals surface area contributed by atoms with E-state index < -0.39 is 13.5 Å². The van der Waals surface area contributed by atoms with E-state index in [0.717, 1.165) is 0 Å². The summed E-state index contributed by atoms with van der Waals surface area (Å²) in [5.74, 6) is 0.491. The fourth-order valence-corrected chi connectivity index (χ4v) is 8.42. The first-order chi connectivity index (χ1) is 14.8. The van der Waals surface area contributed by atoms with Crippen LogP contribution in [0, 0.1) is 7.43 Å². The zero-order valence-corrected chi connectivity index (χ0v) is 27.1. The van der Waals surface area contributed by atoms with Gasteiger partial charge in [-0.05, 0) is 53.2 Å². The van der Waals surface area contributed by atoms with Gasteiger partial charge >= 0.3 is 18.9 Å². The molecule has 2 aromatic rings. The summed E-state index contributed by atoms with van der Waals surface area (Å²) in [5, 5.41) is 25.4. The van der Waals surface area contributed by atoms with Gasteiger partial charge in [0.2, 0.25) is 0 Å². The number of benzene rings is 2. The first-order valence-corrected chi connectivity index (χ1v) is 13.0. The average Bonchev–Trinajstić information content (AvgIpc) is 2.70. The van der Waals surface area contributed by atoms with E-state index in [1.807, 2.05) is 30.3 Å². The van der Waals surface area contributed by atoms with Crippen LogP contribution >= 0.6 is 7.92 Å². The normalized spacial score (nSPS) is 11.9. The number of aliphatic hydroxyl groups is 1. The van der Waals surface area contributed by atoms with Crippen molar-refractivity contribution in [2.75, 3.05) is 20.4 Å². The Balaban J connectivity index is -0.000000406. The summed E-state index contributed by atoms with van der Waals surface area (Å²) in [4.78, 5) is 0. The minimum atomic E-state index is -1.45. The van der Waals surface area contributed by atoms with Crippen LogP contribution in [0.25, 0.3) is 0 Å². The first kappa shape index (κ1) is 46.5. The van der Waals surface area contributed by atoms with Crippen molar-refractivity contribution in [3.63, 3.8) is 0 Å². The number of halogens is 1. The Morgan fingerprint density at radius 3 is 1.68 bits per heavy atom. The molecule has 0 aliphatic heterocycles. The minimum absolute atomic E-state index is 0. The summed E-state index contributed by atoms with van der Waals surface area (Å²) in [6, 6.07) is 12.6. The Morgan fingerprint density at radius 1 is 0.892 bits per heavy atom. The summed E-state index contributed by atoms with van der Waals surface area (Å²) >= 11 is 0. The van der Waals surface area contributed by atoms with Crippen molar-refractivity contribution in [1.29, 1.82) is 0 Å². The Hall–Kier alpha value is -0.389. The fraction of sp³-hybridized carbons (Fsp3) is 0.552. The standard InChI is InChI=1S/C24H35O4P.C3H8.CH4.CH3.ClH.Li.Ni/c1-22(2,3)29(23(4,5)6)16-24(26,17-12-10-9-11-13-17)21-19(25)14-18(27-7)15-20(21)28-8;1-3-2;;;;;/h9-15,25-26H,16H2,1-8H3;3H2,1-2H3;1H4;1H3;1H;;/q;;;-1;;+1;/p-1. The van der Waals surface area contributed by atoms with Crippen LogP contribution in [0.5, 0.6) is 17.2 Å². The molecule has 37 heavy (non-hydrogen) atoms. The van der Waals surface area contributed by atoms with Gasteiger partial charge < -0.3 is 39.5 Å². The first-order valence-electron chi connectivity index (χ1n) is 11.3. The second-order valence-electron chi connectivity index (χ2n) is 10.3. The van der Waals surface area contributed by atoms with Crippen molar-refractivity contribution in [1.82, 2.24) is 0 Å². The predicted octanol–water partition coefficient (Wildman–Crippen LogP) is 1.33. The molecule has 1 unspecified atom stereocenters. The molecular weight excluding hydrogens is 544 g/mol. The molecule has 0 radical (unpaired) electrons.